The summed E-state index contributed by atoms with van der Waals surface area (Å²) in [7, 11) is 0. The summed E-state index contributed by atoms with van der Waals surface area (Å²) in [5.41, 5.74) is 3.15. The molecule has 0 N–H and O–H groups in total. The summed E-state index contributed by atoms with van der Waals surface area (Å²) in [4.78, 5) is 2.59. The van der Waals surface area contributed by atoms with Gasteiger partial charge in [-0.2, -0.15) is 0 Å². The van der Waals surface area contributed by atoms with Crippen LogP contribution in [0.15, 0.2) is 24.3 Å². The zero-order valence-corrected chi connectivity index (χ0v) is 28.5. The van der Waals surface area contributed by atoms with Gasteiger partial charge in [0.1, 0.15) is 0 Å². The van der Waals surface area contributed by atoms with Crippen LogP contribution in [0.1, 0.15) is 26.3 Å². The number of anilines is 1. The molecule has 1 rings (SSSR count). The number of benzene rings is 1. The summed E-state index contributed by atoms with van der Waals surface area (Å²) in [5.74, 6) is 0. The molecule has 0 aliphatic rings. The van der Waals surface area contributed by atoms with E-state index in [-0.39, 0.29) is 5.41 Å². The number of hydrogen-bond acceptors (Lipinski definition) is 1. The molecule has 0 amide bonds. The molecule has 3 heteroatoms. The van der Waals surface area contributed by atoms with Crippen molar-refractivity contribution in [2.75, 3.05) is 18.0 Å². The van der Waals surface area contributed by atoms with Crippen molar-refractivity contribution in [1.29, 1.82) is 0 Å². The molecule has 0 aromatic heterocycles. The van der Waals surface area contributed by atoms with E-state index in [9.17, 15) is 0 Å². The van der Waals surface area contributed by atoms with E-state index in [0.29, 0.717) is 85.6 Å². The Bertz CT molecular complexity index is 321. The Labute approximate surface area is 165 Å². The molecule has 0 unspecified atom stereocenters. The van der Waals surface area contributed by atoms with Crippen molar-refractivity contribution in [3.8, 4) is 0 Å². The van der Waals surface area contributed by atoms with Gasteiger partial charge >= 0.3 is 168 Å². The van der Waals surface area contributed by atoms with Crippen molar-refractivity contribution >= 4 is 5.69 Å². The van der Waals surface area contributed by atoms with Crippen LogP contribution in [0, 0.1) is 85.6 Å². The van der Waals surface area contributed by atoms with Crippen LogP contribution in [0.25, 0.3) is 0 Å². The van der Waals surface area contributed by atoms with E-state index in [4.69, 9.17) is 0 Å². The van der Waals surface area contributed by atoms with Crippen LogP contribution >= 0.6 is 0 Å². The van der Waals surface area contributed by atoms with Gasteiger partial charge in [-0.1, -0.05) is 0 Å². The second kappa shape index (κ2) is 8.29. The van der Waals surface area contributed by atoms with Gasteiger partial charge in [0, 0.05) is 0 Å². The zero-order chi connectivity index (χ0) is 12.9. The third kappa shape index (κ3) is 5.85. The first-order valence-electron chi connectivity index (χ1n) is 6.84. The Morgan fingerprint density at radius 1 is 0.941 bits per heavy atom. The molecule has 0 aliphatic heterocycles. The minimum absolute atomic E-state index is 0.272. The van der Waals surface area contributed by atoms with Crippen molar-refractivity contribution in [3.63, 3.8) is 0 Å². The maximum absolute atomic E-state index is 2.59. The van der Waals surface area contributed by atoms with Crippen LogP contribution in [-0.4, -0.2) is 13.1 Å². The van der Waals surface area contributed by atoms with Crippen LogP contribution in [0.2, 0.25) is 2.92 Å². The van der Waals surface area contributed by atoms with E-state index >= 15 is 0 Å². The Morgan fingerprint density at radius 2 is 1.41 bits per heavy atom. The van der Waals surface area contributed by atoms with Crippen molar-refractivity contribution in [2.45, 2.75) is 29.1 Å². The van der Waals surface area contributed by atoms with Crippen LogP contribution < -0.4 is 4.90 Å². The average Bonchev–Trinajstić information content (AvgIpc) is 2.28. The third-order valence-electron chi connectivity index (χ3n) is 3.09. The first kappa shape index (κ1) is 17.0. The van der Waals surface area contributed by atoms with Gasteiger partial charge in [-0.3, -0.25) is 0 Å². The topological polar surface area (TPSA) is 3.24 Å². The summed E-state index contributed by atoms with van der Waals surface area (Å²) in [6.45, 7) is 9.43. The Kier molecular flexibility index (Phi) is 8.29. The Morgan fingerprint density at radius 3 is 1.76 bits per heavy atom. The van der Waals surface area contributed by atoms with Crippen molar-refractivity contribution in [3.05, 3.63) is 29.8 Å². The van der Waals surface area contributed by atoms with E-state index in [1.807, 2.05) is 0 Å². The molecule has 0 atom stereocenters. The van der Waals surface area contributed by atoms with Crippen LogP contribution in [0.5, 0.6) is 0 Å². The van der Waals surface area contributed by atoms with Gasteiger partial charge in [0.2, 0.25) is 0 Å². The van der Waals surface area contributed by atoms with E-state index < -0.39 is 0 Å². The molecule has 17 heavy (non-hydrogen) atoms. The second-order valence-electron chi connectivity index (χ2n) is 5.78. The van der Waals surface area contributed by atoms with Crippen LogP contribution in [-0.2, 0) is 5.41 Å². The van der Waals surface area contributed by atoms with E-state index in [2.05, 4.69) is 49.9 Å². The van der Waals surface area contributed by atoms with Gasteiger partial charge in [-0.15, -0.1) is 0 Å². The SMILES string of the molecule is CC(C)(C)c1ccc(N(C[CH2][RaH])C[CH2][RaH])cc1. The van der Waals surface area contributed by atoms with E-state index in [1.54, 1.807) is 0 Å². The molecule has 0 saturated heterocycles. The Hall–Kier alpha value is 1.96. The number of hydrogen-bond donors (Lipinski definition) is 0. The fraction of sp³-hybridized carbons (Fsp3) is 0.571. The Balaban J connectivity index is 2.84. The van der Waals surface area contributed by atoms with Gasteiger partial charge < -0.3 is 0 Å². The summed E-state index contributed by atoms with van der Waals surface area (Å²) in [5, 5.41) is 0. The summed E-state index contributed by atoms with van der Waals surface area (Å²) >= 11 is 1.39. The number of nitrogens with zero attached hydrogens (tertiary/aromatic N) is 1. The van der Waals surface area contributed by atoms with Gasteiger partial charge in [0.15, 0.2) is 0 Å². The monoisotopic (exact) mass is 657 g/mol. The van der Waals surface area contributed by atoms with E-state index in [1.165, 1.54) is 27.3 Å². The maximum atomic E-state index is 2.59. The molecule has 0 heterocycles. The third-order valence-corrected chi connectivity index (χ3v) is 6.76. The zero-order valence-electron chi connectivity index (χ0n) is 12.1. The molecular formula is C14H23NRa2. The van der Waals surface area contributed by atoms with Gasteiger partial charge in [-0.05, 0) is 0 Å². The molecule has 1 aromatic carbocycles. The van der Waals surface area contributed by atoms with Gasteiger partial charge in [0.25, 0.3) is 0 Å². The predicted octanol–water partition coefficient (Wildman–Crippen LogP) is 3.19. The van der Waals surface area contributed by atoms with Crippen molar-refractivity contribution < 1.29 is 85.6 Å². The molecule has 0 fully saturated rings. The molecule has 0 bridgehead atoms. The summed E-state index contributed by atoms with van der Waals surface area (Å²) in [6.07, 6.45) is 0. The van der Waals surface area contributed by atoms with Crippen LogP contribution in [0.4, 0.5) is 5.69 Å². The first-order chi connectivity index (χ1) is 7.99. The average molecular weight is 657 g/mol. The molecule has 0 saturated carbocycles. The minimum atomic E-state index is 0.272. The summed E-state index contributed by atoms with van der Waals surface area (Å²) < 4.78 is 2.93. The van der Waals surface area contributed by atoms with Gasteiger partial charge in [0.05, 0.1) is 0 Å². The molecule has 0 radical (unpaired) electrons. The fourth-order valence-corrected chi connectivity index (χ4v) is 6.52. The molecular weight excluding hydrogens is 634 g/mol. The molecule has 0 spiro atoms. The van der Waals surface area contributed by atoms with Gasteiger partial charge in [-0.25, -0.2) is 0 Å². The number of rotatable bonds is 5. The molecule has 0 aliphatic carbocycles. The second-order valence-corrected chi connectivity index (χ2v) is 14.0. The normalized spacial score (nSPS) is 11.4. The predicted molar refractivity (Wildman–Crippen MR) is 69.8 cm³/mol. The first-order valence-corrected chi connectivity index (χ1v) is 18.5. The fourth-order valence-electron chi connectivity index (χ4n) is 2.08. The molecule has 88 valence electrons. The molecule has 1 aromatic rings. The standard InChI is InChI=1S/C14H21N.2Ra.2H/c1-6-15(7-2)13-10-8-12(9-11-13)14(3,4)5;;;;/h8-11H,1-2,6-7H2,3-5H3;;;;. The molecule has 1 nitrogen and oxygen atoms in total. The van der Waals surface area contributed by atoms with Crippen molar-refractivity contribution in [1.82, 2.24) is 0 Å². The van der Waals surface area contributed by atoms with Crippen LogP contribution in [0.3, 0.4) is 0 Å². The summed E-state index contributed by atoms with van der Waals surface area (Å²) in [6, 6.07) is 9.26. The van der Waals surface area contributed by atoms with Crippen molar-refractivity contribution in [2.24, 2.45) is 0 Å². The quantitative estimate of drug-likeness (QED) is 0.471. The van der Waals surface area contributed by atoms with E-state index in [0.717, 1.165) is 0 Å².